The first-order valence-electron chi connectivity index (χ1n) is 19.6. The summed E-state index contributed by atoms with van der Waals surface area (Å²) in [6, 6.07) is 0. The highest BCUT2D eigenvalue weighted by Gasteiger charge is 2.63. The molecule has 0 saturated carbocycles. The van der Waals surface area contributed by atoms with E-state index < -0.39 is 28.2 Å². The highest BCUT2D eigenvalue weighted by molar-refractivity contribution is 6.78. The van der Waals surface area contributed by atoms with Gasteiger partial charge >= 0.3 is 0 Å². The summed E-state index contributed by atoms with van der Waals surface area (Å²) in [5, 5.41) is 0. The minimum atomic E-state index is -2.02. The number of unbranched alkanes of at least 4 members (excludes halogenated alkanes) is 3. The molecule has 0 bridgehead atoms. The Morgan fingerprint density at radius 2 is 0.978 bits per heavy atom. The van der Waals surface area contributed by atoms with Crippen molar-refractivity contribution in [3.05, 3.63) is 0 Å². The van der Waals surface area contributed by atoms with Crippen LogP contribution in [-0.4, -0.2) is 66.3 Å². The average molecular weight is 685 g/mol. The van der Waals surface area contributed by atoms with Crippen LogP contribution in [0.25, 0.3) is 0 Å². The second-order valence-electron chi connectivity index (χ2n) is 16.9. The molecule has 0 unspecified atom stereocenters. The molecule has 46 heavy (non-hydrogen) atoms. The van der Waals surface area contributed by atoms with E-state index in [0.717, 1.165) is 51.4 Å². The molecule has 3 heterocycles. The molecule has 0 aromatic carbocycles. The fourth-order valence-electron chi connectivity index (χ4n) is 10.0. The van der Waals surface area contributed by atoms with Gasteiger partial charge in [0.25, 0.3) is 0 Å². The Bertz CT molecular complexity index is 851. The lowest BCUT2D eigenvalue weighted by Crippen LogP contribution is -2.70. The largest absolute Gasteiger partial charge is 0.413 e. The third-order valence-electron chi connectivity index (χ3n) is 12.1. The summed E-state index contributed by atoms with van der Waals surface area (Å²) in [6.45, 7) is 32.4. The molecular formula is C38H76O6Si2. The molecule has 0 radical (unpaired) electrons. The van der Waals surface area contributed by atoms with Crippen molar-refractivity contribution >= 4 is 16.6 Å². The van der Waals surface area contributed by atoms with Crippen molar-refractivity contribution in [3.8, 4) is 0 Å². The molecule has 0 aromatic heterocycles. The van der Waals surface area contributed by atoms with Gasteiger partial charge in [-0.25, -0.2) is 0 Å². The van der Waals surface area contributed by atoms with Gasteiger partial charge in [-0.05, 0) is 65.4 Å². The van der Waals surface area contributed by atoms with E-state index in [9.17, 15) is 0 Å². The summed E-state index contributed by atoms with van der Waals surface area (Å²) in [6.07, 6.45) is 11.5. The number of hydrogen-bond acceptors (Lipinski definition) is 6. The van der Waals surface area contributed by atoms with Gasteiger partial charge in [0.05, 0.1) is 38.1 Å². The van der Waals surface area contributed by atoms with Gasteiger partial charge in [0.2, 0.25) is 11.6 Å². The second kappa shape index (κ2) is 17.4. The lowest BCUT2D eigenvalue weighted by molar-refractivity contribution is -0.482. The zero-order valence-electron chi connectivity index (χ0n) is 32.5. The fourth-order valence-corrected chi connectivity index (χ4v) is 21.0. The molecule has 5 atom stereocenters. The van der Waals surface area contributed by atoms with Gasteiger partial charge in [-0.1, -0.05) is 116 Å². The molecule has 6 nitrogen and oxygen atoms in total. The van der Waals surface area contributed by atoms with Gasteiger partial charge in [0.1, 0.15) is 0 Å². The van der Waals surface area contributed by atoms with Crippen molar-refractivity contribution in [3.63, 3.8) is 0 Å². The molecule has 3 aliphatic rings. The minimum Gasteiger partial charge on any atom is -0.413 e. The lowest BCUT2D eigenvalue weighted by Gasteiger charge is -2.58. The second-order valence-corrected chi connectivity index (χ2v) is 27.8. The standard InChI is InChI=1S/C38H76O6Si2/c1-14-15-16-17-20-34-25-39-37(23-18-21-35(42-37)26-40-45(28(2)3,29(4)5)30(6)7)38(43-34)24-19-22-36(44-38)27-41-46(31(8)9,32(10)11)33(12)13/h28-36H,14-27H2,1-13H3/t34-,35+,36+,37-,38-/m1/s1. The van der Waals surface area contributed by atoms with Crippen LogP contribution in [0.15, 0.2) is 0 Å². The zero-order chi connectivity index (χ0) is 34.3. The van der Waals surface area contributed by atoms with E-state index in [1.807, 2.05) is 0 Å². The van der Waals surface area contributed by atoms with Crippen molar-refractivity contribution in [1.29, 1.82) is 0 Å². The van der Waals surface area contributed by atoms with Gasteiger partial charge < -0.3 is 27.8 Å². The Kier molecular flexibility index (Phi) is 15.4. The Balaban J connectivity index is 1.86. The van der Waals surface area contributed by atoms with Gasteiger partial charge in [0, 0.05) is 12.8 Å². The first kappa shape index (κ1) is 40.6. The molecule has 3 fully saturated rings. The predicted molar refractivity (Wildman–Crippen MR) is 196 cm³/mol. The molecule has 0 amide bonds. The minimum absolute atomic E-state index is 0.0263. The monoisotopic (exact) mass is 685 g/mol. The van der Waals surface area contributed by atoms with Crippen LogP contribution < -0.4 is 0 Å². The van der Waals surface area contributed by atoms with E-state index in [1.165, 1.54) is 19.3 Å². The van der Waals surface area contributed by atoms with Crippen LogP contribution in [0.2, 0.25) is 33.2 Å². The van der Waals surface area contributed by atoms with Gasteiger partial charge in [-0.2, -0.15) is 0 Å². The smallest absolute Gasteiger partial charge is 0.224 e. The molecule has 3 aliphatic heterocycles. The van der Waals surface area contributed by atoms with Crippen LogP contribution in [0.3, 0.4) is 0 Å². The van der Waals surface area contributed by atoms with E-state index in [-0.39, 0.29) is 18.3 Å². The van der Waals surface area contributed by atoms with E-state index in [1.54, 1.807) is 0 Å². The topological polar surface area (TPSA) is 55.4 Å². The third-order valence-corrected chi connectivity index (χ3v) is 24.2. The maximum absolute atomic E-state index is 7.20. The van der Waals surface area contributed by atoms with Crippen LogP contribution in [0, 0.1) is 0 Å². The van der Waals surface area contributed by atoms with Crippen LogP contribution in [0.5, 0.6) is 0 Å². The van der Waals surface area contributed by atoms with Gasteiger partial charge in [-0.3, -0.25) is 0 Å². The summed E-state index contributed by atoms with van der Waals surface area (Å²) in [5.41, 5.74) is 3.25. The quantitative estimate of drug-likeness (QED) is 0.112. The van der Waals surface area contributed by atoms with Gasteiger partial charge in [0.15, 0.2) is 16.6 Å². The normalized spacial score (nSPS) is 29.9. The molecule has 8 heteroatoms. The Morgan fingerprint density at radius 3 is 1.41 bits per heavy atom. The molecule has 0 aromatic rings. The maximum atomic E-state index is 7.20. The van der Waals surface area contributed by atoms with Crippen molar-refractivity contribution in [1.82, 2.24) is 0 Å². The predicted octanol–water partition coefficient (Wildman–Crippen LogP) is 11.3. The fraction of sp³-hybridized carbons (Fsp3) is 1.00. The zero-order valence-corrected chi connectivity index (χ0v) is 34.5. The van der Waals surface area contributed by atoms with Crippen molar-refractivity contribution in [2.45, 2.75) is 224 Å². The SMILES string of the molecule is CCCCCC[C@@H]1CO[C@@]2(CCC[C@@H](CO[Si](C(C)C)(C(C)C)C(C)C)O2)[C@]2(CCC[C@@H](CO[Si](C(C)C)(C(C)C)C(C)C)O2)O1. The Hall–Kier alpha value is 0.194. The molecule has 3 rings (SSSR count). The van der Waals surface area contributed by atoms with Crippen molar-refractivity contribution in [2.75, 3.05) is 19.8 Å². The first-order chi connectivity index (χ1) is 21.6. The number of rotatable bonds is 17. The summed E-state index contributed by atoms with van der Waals surface area (Å²) in [5.74, 6) is -1.82. The van der Waals surface area contributed by atoms with Crippen LogP contribution in [-0.2, 0) is 27.8 Å². The molecular weight excluding hydrogens is 609 g/mol. The van der Waals surface area contributed by atoms with Crippen LogP contribution in [0.4, 0.5) is 0 Å². The van der Waals surface area contributed by atoms with Gasteiger partial charge in [-0.15, -0.1) is 0 Å². The third kappa shape index (κ3) is 8.55. The molecule has 0 N–H and O–H groups in total. The molecule has 0 aliphatic carbocycles. The Labute approximate surface area is 287 Å². The van der Waals surface area contributed by atoms with E-state index in [4.69, 9.17) is 27.8 Å². The van der Waals surface area contributed by atoms with E-state index in [0.29, 0.717) is 53.1 Å². The van der Waals surface area contributed by atoms with E-state index >= 15 is 0 Å². The number of fused-ring (bicyclic) bond motifs is 1. The number of hydrogen-bond donors (Lipinski definition) is 0. The van der Waals surface area contributed by atoms with Crippen LogP contribution in [0.1, 0.15) is 161 Å². The highest BCUT2D eigenvalue weighted by Crippen LogP contribution is 2.52. The van der Waals surface area contributed by atoms with Crippen LogP contribution >= 0.6 is 0 Å². The first-order valence-corrected chi connectivity index (χ1v) is 23.9. The summed E-state index contributed by atoms with van der Waals surface area (Å²) in [4.78, 5) is 0. The number of ether oxygens (including phenoxy) is 4. The van der Waals surface area contributed by atoms with E-state index in [2.05, 4.69) is 90.0 Å². The summed E-state index contributed by atoms with van der Waals surface area (Å²) in [7, 11) is -4.04. The highest BCUT2D eigenvalue weighted by atomic mass is 28.4. The average Bonchev–Trinajstić information content (AvgIpc) is 2.97. The maximum Gasteiger partial charge on any atom is 0.224 e. The Morgan fingerprint density at radius 1 is 0.565 bits per heavy atom. The van der Waals surface area contributed by atoms with Crippen molar-refractivity contribution < 1.29 is 27.8 Å². The molecule has 2 spiro atoms. The molecule has 272 valence electrons. The summed E-state index contributed by atoms with van der Waals surface area (Å²) < 4.78 is 42.6. The lowest BCUT2D eigenvalue weighted by atomic mass is 9.86. The molecule has 3 saturated heterocycles. The van der Waals surface area contributed by atoms with Crippen molar-refractivity contribution in [2.24, 2.45) is 0 Å². The summed E-state index contributed by atoms with van der Waals surface area (Å²) >= 11 is 0.